The van der Waals surface area contributed by atoms with Gasteiger partial charge in [-0.05, 0) is 11.8 Å². The topological polar surface area (TPSA) is 0 Å². The molecule has 2 unspecified atom stereocenters. The summed E-state index contributed by atoms with van der Waals surface area (Å²) < 4.78 is -4.37. The van der Waals surface area contributed by atoms with Crippen molar-refractivity contribution in [1.82, 2.24) is 0 Å². The van der Waals surface area contributed by atoms with E-state index >= 15 is 0 Å². The van der Waals surface area contributed by atoms with Crippen LogP contribution in [0.4, 0.5) is 0 Å². The van der Waals surface area contributed by atoms with E-state index in [-0.39, 0.29) is 0 Å². The molecule has 2 aliphatic carbocycles. The minimum atomic E-state index is -1.65. The van der Waals surface area contributed by atoms with Crippen molar-refractivity contribution >= 4 is 81.2 Å². The lowest BCUT2D eigenvalue weighted by molar-refractivity contribution is 0.151. The molecule has 17 heavy (non-hydrogen) atoms. The quantitative estimate of drug-likeness (QED) is 0.457. The van der Waals surface area contributed by atoms with Crippen LogP contribution in [0.5, 0.6) is 0 Å². The SMILES string of the molecule is CC1(C)C2(C)CC(Cl)(Cl)C1(Cl)C(Cl)(Cl)C2(Cl)Cl. The summed E-state index contributed by atoms with van der Waals surface area (Å²) in [6.07, 6.45) is 0.327. The summed E-state index contributed by atoms with van der Waals surface area (Å²) in [7, 11) is 0. The van der Waals surface area contributed by atoms with Crippen LogP contribution in [0.25, 0.3) is 0 Å². The van der Waals surface area contributed by atoms with Crippen LogP contribution in [0, 0.1) is 10.8 Å². The lowest BCUT2D eigenvalue weighted by Gasteiger charge is -2.49. The molecular weight excluding hydrogens is 368 g/mol. The van der Waals surface area contributed by atoms with Crippen molar-refractivity contribution < 1.29 is 0 Å². The Morgan fingerprint density at radius 2 is 1.12 bits per heavy atom. The van der Waals surface area contributed by atoms with Crippen molar-refractivity contribution in [3.05, 3.63) is 0 Å². The normalized spacial score (nSPS) is 48.4. The summed E-state index contributed by atoms with van der Waals surface area (Å²) in [6, 6.07) is 0. The molecule has 0 aromatic rings. The predicted octanol–water partition coefficient (Wildman–Crippen LogP) is 5.94. The Morgan fingerprint density at radius 3 is 1.35 bits per heavy atom. The molecule has 2 saturated carbocycles. The summed E-state index contributed by atoms with van der Waals surface area (Å²) in [5.74, 6) is 0. The van der Waals surface area contributed by atoms with Crippen LogP contribution in [0.2, 0.25) is 0 Å². The van der Waals surface area contributed by atoms with E-state index in [1.54, 1.807) is 0 Å². The number of alkyl halides is 7. The Hall–Kier alpha value is 2.03. The van der Waals surface area contributed by atoms with Gasteiger partial charge in [0.05, 0.1) is 0 Å². The van der Waals surface area contributed by atoms with Crippen molar-refractivity contribution in [2.45, 2.75) is 45.1 Å². The first-order valence-corrected chi connectivity index (χ1v) is 7.68. The molecule has 0 spiro atoms. The van der Waals surface area contributed by atoms with Gasteiger partial charge in [-0.3, -0.25) is 0 Å². The number of rotatable bonds is 0. The highest BCUT2D eigenvalue weighted by Gasteiger charge is 2.92. The van der Waals surface area contributed by atoms with E-state index in [0.717, 1.165) is 0 Å². The fourth-order valence-corrected chi connectivity index (χ4v) is 7.41. The van der Waals surface area contributed by atoms with Crippen LogP contribution in [0.15, 0.2) is 0 Å². The molecule has 0 radical (unpaired) electrons. The Labute approximate surface area is 136 Å². The molecule has 0 nitrogen and oxygen atoms in total. The molecule has 0 saturated heterocycles. The number of hydrogen-bond acceptors (Lipinski definition) is 0. The average molecular weight is 379 g/mol. The van der Waals surface area contributed by atoms with E-state index < -0.39 is 28.7 Å². The number of hydrogen-bond donors (Lipinski definition) is 0. The van der Waals surface area contributed by atoms with Gasteiger partial charge in [-0.2, -0.15) is 0 Å². The first-order valence-electron chi connectivity index (χ1n) is 5.03. The summed E-state index contributed by atoms with van der Waals surface area (Å²) in [6.45, 7) is 5.64. The summed E-state index contributed by atoms with van der Waals surface area (Å²) in [4.78, 5) is -1.34. The van der Waals surface area contributed by atoms with Crippen molar-refractivity contribution in [2.24, 2.45) is 10.8 Å². The molecule has 0 aromatic heterocycles. The van der Waals surface area contributed by atoms with Crippen LogP contribution in [-0.2, 0) is 0 Å². The summed E-state index contributed by atoms with van der Waals surface area (Å²) in [5, 5.41) is 0. The molecule has 2 aliphatic rings. The maximum atomic E-state index is 6.65. The second-order valence-corrected chi connectivity index (χ2v) is 10.4. The minimum absolute atomic E-state index is 0.327. The molecular formula is C10H11Cl7. The number of halogens is 7. The molecule has 100 valence electrons. The van der Waals surface area contributed by atoms with Gasteiger partial charge in [-0.15, -0.1) is 11.6 Å². The van der Waals surface area contributed by atoms with Gasteiger partial charge >= 0.3 is 0 Å². The second kappa shape index (κ2) is 3.43. The molecule has 2 bridgehead atoms. The summed E-state index contributed by atoms with van der Waals surface area (Å²) >= 11 is 44.8. The van der Waals surface area contributed by atoms with Crippen molar-refractivity contribution in [3.8, 4) is 0 Å². The standard InChI is InChI=1S/C10H11Cl7/c1-5(2)6(3)4-7(11,12)8(5,13)10(16,17)9(6,14)15/h4H2,1-3H3. The lowest BCUT2D eigenvalue weighted by atomic mass is 9.70. The zero-order chi connectivity index (χ0) is 13.7. The molecule has 2 rings (SSSR count). The van der Waals surface area contributed by atoms with Gasteiger partial charge in [0.1, 0.15) is 9.21 Å². The van der Waals surface area contributed by atoms with E-state index in [1.807, 2.05) is 20.8 Å². The van der Waals surface area contributed by atoms with Gasteiger partial charge in [0.15, 0.2) is 8.67 Å². The van der Waals surface area contributed by atoms with Crippen molar-refractivity contribution in [3.63, 3.8) is 0 Å². The third kappa shape index (κ3) is 1.20. The summed E-state index contributed by atoms with van der Waals surface area (Å²) in [5.41, 5.74) is -1.32. The fourth-order valence-electron chi connectivity index (χ4n) is 3.31. The van der Waals surface area contributed by atoms with Gasteiger partial charge in [-0.25, -0.2) is 0 Å². The molecule has 0 N–H and O–H groups in total. The predicted molar refractivity (Wildman–Crippen MR) is 78.4 cm³/mol. The molecule has 7 heteroatoms. The van der Waals surface area contributed by atoms with E-state index in [1.165, 1.54) is 0 Å². The molecule has 2 fully saturated rings. The Morgan fingerprint density at radius 1 is 0.706 bits per heavy atom. The second-order valence-electron chi connectivity index (χ2n) is 5.65. The van der Waals surface area contributed by atoms with E-state index in [0.29, 0.717) is 6.42 Å². The Kier molecular flexibility index (Phi) is 3.11. The first-order chi connectivity index (χ1) is 7.21. The monoisotopic (exact) mass is 376 g/mol. The van der Waals surface area contributed by atoms with Gasteiger partial charge in [0.25, 0.3) is 0 Å². The van der Waals surface area contributed by atoms with Crippen LogP contribution < -0.4 is 0 Å². The molecule has 0 heterocycles. The van der Waals surface area contributed by atoms with Gasteiger partial charge < -0.3 is 0 Å². The number of fused-ring (bicyclic) bond motifs is 2. The Balaban J connectivity index is 2.83. The van der Waals surface area contributed by atoms with Gasteiger partial charge in [0.2, 0.25) is 0 Å². The van der Waals surface area contributed by atoms with Gasteiger partial charge in [-0.1, -0.05) is 90.4 Å². The molecule has 0 amide bonds. The molecule has 2 atom stereocenters. The Bertz CT molecular complexity index is 376. The first kappa shape index (κ1) is 15.4. The van der Waals surface area contributed by atoms with Crippen molar-refractivity contribution in [2.75, 3.05) is 0 Å². The smallest absolute Gasteiger partial charge is 0.112 e. The largest absolute Gasteiger partial charge is 0.173 e. The van der Waals surface area contributed by atoms with Crippen LogP contribution in [0.3, 0.4) is 0 Å². The van der Waals surface area contributed by atoms with E-state index in [9.17, 15) is 0 Å². The van der Waals surface area contributed by atoms with Gasteiger partial charge in [0, 0.05) is 5.41 Å². The maximum Gasteiger partial charge on any atom is 0.173 e. The zero-order valence-electron chi connectivity index (χ0n) is 9.35. The van der Waals surface area contributed by atoms with Crippen LogP contribution >= 0.6 is 81.2 Å². The fraction of sp³-hybridized carbons (Fsp3) is 1.00. The maximum absolute atomic E-state index is 6.65. The lowest BCUT2D eigenvalue weighted by Crippen LogP contribution is -2.61. The highest BCUT2D eigenvalue weighted by Crippen LogP contribution is 2.86. The van der Waals surface area contributed by atoms with E-state index in [2.05, 4.69) is 0 Å². The highest BCUT2D eigenvalue weighted by molar-refractivity contribution is 6.69. The molecule has 0 aliphatic heterocycles. The minimum Gasteiger partial charge on any atom is -0.112 e. The van der Waals surface area contributed by atoms with Crippen LogP contribution in [-0.4, -0.2) is 17.9 Å². The van der Waals surface area contributed by atoms with Crippen molar-refractivity contribution in [1.29, 1.82) is 0 Å². The third-order valence-electron chi connectivity index (χ3n) is 4.84. The highest BCUT2D eigenvalue weighted by atomic mass is 35.5. The zero-order valence-corrected chi connectivity index (χ0v) is 14.6. The average Bonchev–Trinajstić information content (AvgIpc) is 2.25. The molecule has 0 aromatic carbocycles. The third-order valence-corrected chi connectivity index (χ3v) is 10.1. The van der Waals surface area contributed by atoms with Crippen LogP contribution in [0.1, 0.15) is 27.2 Å². The van der Waals surface area contributed by atoms with E-state index in [4.69, 9.17) is 81.2 Å².